The summed E-state index contributed by atoms with van der Waals surface area (Å²) in [6, 6.07) is 10.6. The number of Topliss-reactive ketones (excluding diaryl/α,β-unsaturated/α-hetero) is 1. The van der Waals surface area contributed by atoms with Gasteiger partial charge in [-0.25, -0.2) is 8.42 Å². The minimum atomic E-state index is -3.97. The van der Waals surface area contributed by atoms with Gasteiger partial charge in [-0.05, 0) is 55.5 Å². The number of ketones is 1. The summed E-state index contributed by atoms with van der Waals surface area (Å²) >= 11 is 0. The average molecular weight is 477 g/mol. The SMILES string of the molecule is COc1ccc(S(=O)(=O)N[C@@H](C)C(=O)OCC(=O)c2ccc(NC(=O)C(C)(C)C)cc2)cc1. The van der Waals surface area contributed by atoms with Gasteiger partial charge < -0.3 is 14.8 Å². The van der Waals surface area contributed by atoms with Crippen LogP contribution in [0.15, 0.2) is 53.4 Å². The molecule has 2 aromatic carbocycles. The number of methoxy groups -OCH3 is 1. The molecule has 1 atom stereocenters. The number of carbonyl (C=O) groups is 3. The molecule has 0 spiro atoms. The zero-order valence-corrected chi connectivity index (χ0v) is 20.0. The van der Waals surface area contributed by atoms with E-state index in [1.165, 1.54) is 50.4 Å². The standard InChI is InChI=1S/C23H28N2O7S/c1-15(25-33(29,30)19-12-10-18(31-5)11-13-19)21(27)32-14-20(26)16-6-8-17(9-7-16)24-22(28)23(2,3)4/h6-13,15,25H,14H2,1-5H3,(H,24,28)/t15-/m0/s1. The normalized spacial score (nSPS) is 12.5. The van der Waals surface area contributed by atoms with Gasteiger partial charge in [0.25, 0.3) is 0 Å². The van der Waals surface area contributed by atoms with Gasteiger partial charge in [0.15, 0.2) is 12.4 Å². The molecule has 1 amide bonds. The molecule has 0 radical (unpaired) electrons. The van der Waals surface area contributed by atoms with Crippen molar-refractivity contribution in [2.24, 2.45) is 5.41 Å². The predicted octanol–water partition coefficient (Wildman–Crippen LogP) is 2.77. The van der Waals surface area contributed by atoms with E-state index in [-0.39, 0.29) is 16.4 Å². The average Bonchev–Trinajstić information content (AvgIpc) is 2.76. The molecule has 0 saturated heterocycles. The van der Waals surface area contributed by atoms with Crippen molar-refractivity contribution in [3.63, 3.8) is 0 Å². The Morgan fingerprint density at radius 1 is 0.970 bits per heavy atom. The van der Waals surface area contributed by atoms with E-state index in [9.17, 15) is 22.8 Å². The second kappa shape index (κ2) is 10.6. The van der Waals surface area contributed by atoms with Crippen molar-refractivity contribution in [2.75, 3.05) is 19.0 Å². The van der Waals surface area contributed by atoms with Crippen molar-refractivity contribution >= 4 is 33.4 Å². The number of amides is 1. The second-order valence-corrected chi connectivity index (χ2v) is 10.0. The van der Waals surface area contributed by atoms with Crippen molar-refractivity contribution in [3.05, 3.63) is 54.1 Å². The molecule has 0 unspecified atom stereocenters. The number of ether oxygens (including phenoxy) is 2. The lowest BCUT2D eigenvalue weighted by Gasteiger charge is -2.17. The predicted molar refractivity (Wildman–Crippen MR) is 123 cm³/mol. The van der Waals surface area contributed by atoms with Crippen LogP contribution in [-0.4, -0.2) is 45.8 Å². The highest BCUT2D eigenvalue weighted by Crippen LogP contribution is 2.18. The number of hydrogen-bond acceptors (Lipinski definition) is 7. The van der Waals surface area contributed by atoms with E-state index in [4.69, 9.17) is 9.47 Å². The minimum absolute atomic E-state index is 0.0438. The summed E-state index contributed by atoms with van der Waals surface area (Å²) in [6.45, 7) is 6.12. The third-order valence-corrected chi connectivity index (χ3v) is 6.10. The van der Waals surface area contributed by atoms with E-state index in [2.05, 4.69) is 10.0 Å². The van der Waals surface area contributed by atoms with Gasteiger partial charge in [0.05, 0.1) is 12.0 Å². The van der Waals surface area contributed by atoms with Crippen LogP contribution in [0.5, 0.6) is 5.75 Å². The molecule has 2 rings (SSSR count). The van der Waals surface area contributed by atoms with E-state index in [1.54, 1.807) is 32.9 Å². The minimum Gasteiger partial charge on any atom is -0.497 e. The fraction of sp³-hybridized carbons (Fsp3) is 0.348. The molecule has 2 aromatic rings. The zero-order chi connectivity index (χ0) is 24.8. The summed E-state index contributed by atoms with van der Waals surface area (Å²) < 4.78 is 37.0. The van der Waals surface area contributed by atoms with Crippen molar-refractivity contribution in [1.82, 2.24) is 4.72 Å². The summed E-state index contributed by atoms with van der Waals surface area (Å²) in [5.74, 6) is -1.04. The Morgan fingerprint density at radius 2 is 1.55 bits per heavy atom. The lowest BCUT2D eigenvalue weighted by atomic mass is 9.95. The molecule has 9 nitrogen and oxygen atoms in total. The molecule has 2 N–H and O–H groups in total. The van der Waals surface area contributed by atoms with Gasteiger partial charge in [0, 0.05) is 16.7 Å². The van der Waals surface area contributed by atoms with Crippen molar-refractivity contribution in [3.8, 4) is 5.75 Å². The molecule has 0 aliphatic heterocycles. The first-order valence-electron chi connectivity index (χ1n) is 10.1. The molecule has 10 heteroatoms. The molecule has 0 aliphatic carbocycles. The van der Waals surface area contributed by atoms with E-state index < -0.39 is 39.8 Å². The maximum Gasteiger partial charge on any atom is 0.324 e. The third-order valence-electron chi connectivity index (χ3n) is 4.55. The molecule has 0 aliphatic rings. The molecular weight excluding hydrogens is 448 g/mol. The zero-order valence-electron chi connectivity index (χ0n) is 19.2. The Balaban J connectivity index is 1.91. The summed E-state index contributed by atoms with van der Waals surface area (Å²) in [4.78, 5) is 36.5. The Hall–Kier alpha value is -3.24. The van der Waals surface area contributed by atoms with Gasteiger partial charge in [-0.2, -0.15) is 4.72 Å². The Bertz CT molecular complexity index is 1100. The maximum absolute atomic E-state index is 12.4. The number of hydrogen-bond donors (Lipinski definition) is 2. The Morgan fingerprint density at radius 3 is 2.06 bits per heavy atom. The molecule has 0 saturated carbocycles. The second-order valence-electron chi connectivity index (χ2n) is 8.33. The number of rotatable bonds is 9. The van der Waals surface area contributed by atoms with E-state index in [0.29, 0.717) is 11.4 Å². The first-order valence-corrected chi connectivity index (χ1v) is 11.6. The fourth-order valence-corrected chi connectivity index (χ4v) is 3.70. The van der Waals surface area contributed by atoms with Gasteiger partial charge in [0.1, 0.15) is 11.8 Å². The van der Waals surface area contributed by atoms with Gasteiger partial charge in [0.2, 0.25) is 15.9 Å². The lowest BCUT2D eigenvalue weighted by Crippen LogP contribution is -2.40. The Kier molecular flexibility index (Phi) is 8.34. The molecule has 178 valence electrons. The van der Waals surface area contributed by atoms with Crippen LogP contribution in [0.4, 0.5) is 5.69 Å². The number of anilines is 1. The van der Waals surface area contributed by atoms with Crippen LogP contribution < -0.4 is 14.8 Å². The summed E-state index contributed by atoms with van der Waals surface area (Å²) in [5, 5.41) is 2.75. The first kappa shape index (κ1) is 26.0. The molecule has 0 heterocycles. The molecule has 0 aromatic heterocycles. The van der Waals surface area contributed by atoms with Gasteiger partial charge >= 0.3 is 5.97 Å². The molecular formula is C23H28N2O7S. The van der Waals surface area contributed by atoms with Gasteiger partial charge in [-0.15, -0.1) is 0 Å². The quantitative estimate of drug-likeness (QED) is 0.421. The van der Waals surface area contributed by atoms with Gasteiger partial charge in [-0.3, -0.25) is 14.4 Å². The topological polar surface area (TPSA) is 128 Å². The third kappa shape index (κ3) is 7.40. The van der Waals surface area contributed by atoms with Crippen LogP contribution in [0.25, 0.3) is 0 Å². The van der Waals surface area contributed by atoms with E-state index >= 15 is 0 Å². The highest BCUT2D eigenvalue weighted by atomic mass is 32.2. The van der Waals surface area contributed by atoms with Crippen LogP contribution in [-0.2, 0) is 24.3 Å². The number of esters is 1. The van der Waals surface area contributed by atoms with E-state index in [1.807, 2.05) is 0 Å². The van der Waals surface area contributed by atoms with Crippen LogP contribution in [0.2, 0.25) is 0 Å². The van der Waals surface area contributed by atoms with Crippen molar-refractivity contribution < 1.29 is 32.3 Å². The van der Waals surface area contributed by atoms with Crippen LogP contribution in [0.3, 0.4) is 0 Å². The number of sulfonamides is 1. The highest BCUT2D eigenvalue weighted by molar-refractivity contribution is 7.89. The molecule has 0 bridgehead atoms. The van der Waals surface area contributed by atoms with Crippen LogP contribution in [0, 0.1) is 5.41 Å². The van der Waals surface area contributed by atoms with Crippen molar-refractivity contribution in [1.29, 1.82) is 0 Å². The maximum atomic E-state index is 12.4. The molecule has 33 heavy (non-hydrogen) atoms. The lowest BCUT2D eigenvalue weighted by molar-refractivity contribution is -0.144. The van der Waals surface area contributed by atoms with E-state index in [0.717, 1.165) is 0 Å². The monoisotopic (exact) mass is 476 g/mol. The fourth-order valence-electron chi connectivity index (χ4n) is 2.51. The summed E-state index contributed by atoms with van der Waals surface area (Å²) in [6.07, 6.45) is 0. The smallest absolute Gasteiger partial charge is 0.324 e. The highest BCUT2D eigenvalue weighted by Gasteiger charge is 2.24. The largest absolute Gasteiger partial charge is 0.497 e. The van der Waals surface area contributed by atoms with Gasteiger partial charge in [-0.1, -0.05) is 20.8 Å². The Labute approximate surface area is 193 Å². The first-order chi connectivity index (χ1) is 15.3. The van der Waals surface area contributed by atoms with Crippen LogP contribution in [0.1, 0.15) is 38.1 Å². The van der Waals surface area contributed by atoms with Crippen molar-refractivity contribution in [2.45, 2.75) is 38.6 Å². The molecule has 0 fully saturated rings. The summed E-state index contributed by atoms with van der Waals surface area (Å²) in [7, 11) is -2.51. The summed E-state index contributed by atoms with van der Waals surface area (Å²) in [5.41, 5.74) is 0.252. The number of benzene rings is 2. The van der Waals surface area contributed by atoms with Crippen LogP contribution >= 0.6 is 0 Å². The number of carbonyl (C=O) groups excluding carboxylic acids is 3. The number of nitrogens with one attached hydrogen (secondary N) is 2.